The summed E-state index contributed by atoms with van der Waals surface area (Å²) in [6.45, 7) is 0.339. The standard InChI is InChI=1S/C17H18ClN3O6S3/c1-27-17(24)20-15(23)11-6-8-28-16(11)19-14(22)10-3-2-7-21(9-10)30(25,26)13-5-4-12(18)29-13/h4-6,8,10H,2-3,7,9H2,1H3,(H,19,22)(H,20,23,24). The molecular formula is C17H18ClN3O6S3. The van der Waals surface area contributed by atoms with Crippen molar-refractivity contribution in [1.29, 1.82) is 0 Å². The predicted molar refractivity (Wildman–Crippen MR) is 114 cm³/mol. The van der Waals surface area contributed by atoms with Gasteiger partial charge in [-0.05, 0) is 36.4 Å². The molecule has 2 N–H and O–H groups in total. The van der Waals surface area contributed by atoms with Gasteiger partial charge in [-0.25, -0.2) is 13.2 Å². The van der Waals surface area contributed by atoms with Crippen LogP contribution < -0.4 is 10.6 Å². The molecule has 30 heavy (non-hydrogen) atoms. The van der Waals surface area contributed by atoms with Crippen LogP contribution in [0.25, 0.3) is 0 Å². The first-order chi connectivity index (χ1) is 14.2. The van der Waals surface area contributed by atoms with Crippen molar-refractivity contribution < 1.29 is 27.5 Å². The normalized spacial score (nSPS) is 17.3. The molecule has 1 fully saturated rings. The number of amides is 3. The largest absolute Gasteiger partial charge is 0.453 e. The van der Waals surface area contributed by atoms with Crippen LogP contribution in [0.4, 0.5) is 9.80 Å². The summed E-state index contributed by atoms with van der Waals surface area (Å²) in [4.78, 5) is 36.1. The third kappa shape index (κ3) is 5.01. The number of anilines is 1. The molecule has 1 aliphatic heterocycles. The summed E-state index contributed by atoms with van der Waals surface area (Å²) < 4.78 is 31.8. The van der Waals surface area contributed by atoms with Gasteiger partial charge < -0.3 is 10.1 Å². The molecule has 0 aliphatic carbocycles. The van der Waals surface area contributed by atoms with Gasteiger partial charge in [0.15, 0.2) is 0 Å². The molecule has 1 unspecified atom stereocenters. The molecule has 13 heteroatoms. The Morgan fingerprint density at radius 2 is 2.03 bits per heavy atom. The van der Waals surface area contributed by atoms with E-state index >= 15 is 0 Å². The molecule has 162 valence electrons. The number of piperidine rings is 1. The van der Waals surface area contributed by atoms with Gasteiger partial charge in [-0.3, -0.25) is 14.9 Å². The Hall–Kier alpha value is -1.99. The van der Waals surface area contributed by atoms with Crippen molar-refractivity contribution in [2.45, 2.75) is 17.1 Å². The van der Waals surface area contributed by atoms with E-state index in [9.17, 15) is 22.8 Å². The zero-order valence-electron chi connectivity index (χ0n) is 15.7. The monoisotopic (exact) mass is 491 g/mol. The number of methoxy groups -OCH3 is 1. The minimum atomic E-state index is -3.73. The second kappa shape index (κ2) is 9.43. The van der Waals surface area contributed by atoms with Crippen molar-refractivity contribution in [2.75, 3.05) is 25.5 Å². The number of alkyl carbamates (subject to hydrolysis) is 1. The Morgan fingerprint density at radius 1 is 1.27 bits per heavy atom. The molecular weight excluding hydrogens is 474 g/mol. The molecule has 1 atom stereocenters. The number of carbonyl (C=O) groups excluding carboxylic acids is 3. The van der Waals surface area contributed by atoms with E-state index in [1.165, 1.54) is 22.5 Å². The maximum absolute atomic E-state index is 12.8. The third-order valence-corrected chi connectivity index (χ3v) is 8.84. The van der Waals surface area contributed by atoms with Crippen molar-refractivity contribution in [3.8, 4) is 0 Å². The molecule has 3 heterocycles. The van der Waals surface area contributed by atoms with Gasteiger partial charge in [0.1, 0.15) is 9.21 Å². The SMILES string of the molecule is COC(=O)NC(=O)c1ccsc1NC(=O)C1CCCN(S(=O)(=O)c2ccc(Cl)s2)C1. The Balaban J connectivity index is 1.69. The molecule has 0 bridgehead atoms. The highest BCUT2D eigenvalue weighted by Crippen LogP contribution is 2.31. The first-order valence-corrected chi connectivity index (χ1v) is 12.3. The molecule has 3 amide bonds. The van der Waals surface area contributed by atoms with Crippen LogP contribution in [0.15, 0.2) is 27.8 Å². The number of nitrogens with zero attached hydrogens (tertiary/aromatic N) is 1. The average Bonchev–Trinajstić information content (AvgIpc) is 3.37. The molecule has 3 rings (SSSR count). The van der Waals surface area contributed by atoms with E-state index in [2.05, 4.69) is 10.1 Å². The first-order valence-electron chi connectivity index (χ1n) is 8.75. The van der Waals surface area contributed by atoms with Gasteiger partial charge in [-0.2, -0.15) is 4.31 Å². The van der Waals surface area contributed by atoms with Crippen molar-refractivity contribution in [3.63, 3.8) is 0 Å². The van der Waals surface area contributed by atoms with Gasteiger partial charge in [0.2, 0.25) is 5.91 Å². The number of sulfonamides is 1. The summed E-state index contributed by atoms with van der Waals surface area (Å²) in [6, 6.07) is 4.44. The lowest BCUT2D eigenvalue weighted by Crippen LogP contribution is -2.43. The maximum atomic E-state index is 12.8. The smallest absolute Gasteiger partial charge is 0.413 e. The molecule has 9 nitrogen and oxygen atoms in total. The Kier molecular flexibility index (Phi) is 7.14. The van der Waals surface area contributed by atoms with Crippen LogP contribution >= 0.6 is 34.3 Å². The van der Waals surface area contributed by atoms with Crippen molar-refractivity contribution in [1.82, 2.24) is 9.62 Å². The lowest BCUT2D eigenvalue weighted by Gasteiger charge is -2.30. The van der Waals surface area contributed by atoms with E-state index in [0.717, 1.165) is 29.8 Å². The summed E-state index contributed by atoms with van der Waals surface area (Å²) >= 11 is 7.95. The van der Waals surface area contributed by atoms with Crippen molar-refractivity contribution in [2.24, 2.45) is 5.92 Å². The lowest BCUT2D eigenvalue weighted by molar-refractivity contribution is -0.120. The van der Waals surface area contributed by atoms with E-state index in [-0.39, 0.29) is 21.3 Å². The fourth-order valence-corrected chi connectivity index (χ4v) is 6.90. The van der Waals surface area contributed by atoms with Gasteiger partial charge in [0.05, 0.1) is 22.9 Å². The van der Waals surface area contributed by atoms with E-state index in [4.69, 9.17) is 11.6 Å². The van der Waals surface area contributed by atoms with Crippen LogP contribution in [0.2, 0.25) is 4.34 Å². The first kappa shape index (κ1) is 22.7. The summed E-state index contributed by atoms with van der Waals surface area (Å²) in [5.41, 5.74) is 0.118. The fourth-order valence-electron chi connectivity index (χ4n) is 2.95. The van der Waals surface area contributed by atoms with Crippen LogP contribution in [0.5, 0.6) is 0 Å². The second-order valence-corrected chi connectivity index (χ2v) is 11.2. The van der Waals surface area contributed by atoms with Crippen molar-refractivity contribution in [3.05, 3.63) is 33.5 Å². The predicted octanol–water partition coefficient (Wildman–Crippen LogP) is 3.00. The molecule has 0 radical (unpaired) electrons. The Bertz CT molecular complexity index is 1060. The topological polar surface area (TPSA) is 122 Å². The number of ether oxygens (including phenoxy) is 1. The molecule has 2 aromatic heterocycles. The van der Waals surface area contributed by atoms with E-state index < -0.39 is 33.8 Å². The summed E-state index contributed by atoms with van der Waals surface area (Å²) in [5, 5.41) is 6.57. The molecule has 1 saturated heterocycles. The minimum Gasteiger partial charge on any atom is -0.453 e. The van der Waals surface area contributed by atoms with E-state index in [1.54, 1.807) is 5.38 Å². The van der Waals surface area contributed by atoms with Crippen LogP contribution in [0, 0.1) is 5.92 Å². The molecule has 0 spiro atoms. The van der Waals surface area contributed by atoms with Gasteiger partial charge in [0.25, 0.3) is 15.9 Å². The van der Waals surface area contributed by atoms with Crippen LogP contribution in [-0.4, -0.2) is 50.8 Å². The van der Waals surface area contributed by atoms with Crippen LogP contribution in [0.3, 0.4) is 0 Å². The zero-order valence-corrected chi connectivity index (χ0v) is 18.9. The minimum absolute atomic E-state index is 0.0265. The van der Waals surface area contributed by atoms with Crippen LogP contribution in [-0.2, 0) is 19.6 Å². The summed E-state index contributed by atoms with van der Waals surface area (Å²) in [5.74, 6) is -1.68. The second-order valence-electron chi connectivity index (χ2n) is 6.36. The number of hydrogen-bond donors (Lipinski definition) is 2. The highest BCUT2D eigenvalue weighted by Gasteiger charge is 2.34. The number of hydrogen-bond acceptors (Lipinski definition) is 8. The lowest BCUT2D eigenvalue weighted by atomic mass is 9.99. The number of carbonyl (C=O) groups is 3. The summed E-state index contributed by atoms with van der Waals surface area (Å²) in [6.07, 6.45) is 0.125. The number of nitrogens with one attached hydrogen (secondary N) is 2. The number of halogens is 1. The quantitative estimate of drug-likeness (QED) is 0.663. The Morgan fingerprint density at radius 3 is 2.70 bits per heavy atom. The zero-order chi connectivity index (χ0) is 21.9. The molecule has 1 aliphatic rings. The van der Waals surface area contributed by atoms with E-state index in [0.29, 0.717) is 23.7 Å². The van der Waals surface area contributed by atoms with E-state index in [1.807, 2.05) is 5.32 Å². The Labute approximate surface area is 186 Å². The van der Waals surface area contributed by atoms with Crippen LogP contribution in [0.1, 0.15) is 23.2 Å². The third-order valence-electron chi connectivity index (χ3n) is 4.45. The van der Waals surface area contributed by atoms with Gasteiger partial charge in [-0.15, -0.1) is 22.7 Å². The number of thiophene rings is 2. The van der Waals surface area contributed by atoms with Crippen molar-refractivity contribution >= 4 is 67.2 Å². The molecule has 0 aromatic carbocycles. The average molecular weight is 492 g/mol. The van der Waals surface area contributed by atoms with Gasteiger partial charge in [0, 0.05) is 13.1 Å². The number of rotatable bonds is 5. The number of imide groups is 1. The highest BCUT2D eigenvalue weighted by molar-refractivity contribution is 7.91. The summed E-state index contributed by atoms with van der Waals surface area (Å²) in [7, 11) is -2.60. The molecule has 2 aromatic rings. The highest BCUT2D eigenvalue weighted by atomic mass is 35.5. The van der Waals surface area contributed by atoms with Gasteiger partial charge in [-0.1, -0.05) is 11.6 Å². The van der Waals surface area contributed by atoms with Gasteiger partial charge >= 0.3 is 6.09 Å². The molecule has 0 saturated carbocycles. The fraction of sp³-hybridized carbons (Fsp3) is 0.353. The maximum Gasteiger partial charge on any atom is 0.413 e.